The van der Waals surface area contributed by atoms with E-state index in [2.05, 4.69) is 10.5 Å². The van der Waals surface area contributed by atoms with Gasteiger partial charge in [0, 0.05) is 17.6 Å². The Labute approximate surface area is 226 Å². The third-order valence-electron chi connectivity index (χ3n) is 5.72. The summed E-state index contributed by atoms with van der Waals surface area (Å²) in [5.74, 6) is 2.69. The van der Waals surface area contributed by atoms with Gasteiger partial charge >= 0.3 is 0 Å². The van der Waals surface area contributed by atoms with Gasteiger partial charge in [-0.25, -0.2) is 13.8 Å². The van der Waals surface area contributed by atoms with E-state index in [0.717, 1.165) is 32.7 Å². The molecule has 1 aliphatic heterocycles. The maximum Gasteiger partial charge on any atom is 0.264 e. The molecule has 38 heavy (non-hydrogen) atoms. The zero-order chi connectivity index (χ0) is 27.1. The van der Waals surface area contributed by atoms with Crippen LogP contribution in [0.3, 0.4) is 0 Å². The number of benzene rings is 3. The molecule has 9 nitrogen and oxygen atoms in total. The molecular weight excluding hydrogens is 526 g/mol. The SMILES string of the molecule is COc1ccc(OC)c(N(CC(=O)N/N=C\c2cccc(OC3CSC3)c2)S(=O)(=O)c2ccc(C)cc2)c1. The van der Waals surface area contributed by atoms with E-state index in [1.807, 2.05) is 43.0 Å². The van der Waals surface area contributed by atoms with E-state index in [-0.39, 0.29) is 22.4 Å². The predicted molar refractivity (Wildman–Crippen MR) is 149 cm³/mol. The molecular formula is C27H29N3O6S2. The summed E-state index contributed by atoms with van der Waals surface area (Å²) in [6.45, 7) is 1.32. The summed E-state index contributed by atoms with van der Waals surface area (Å²) in [5.41, 5.74) is 4.21. The van der Waals surface area contributed by atoms with Crippen LogP contribution in [-0.2, 0) is 14.8 Å². The van der Waals surface area contributed by atoms with Gasteiger partial charge in [-0.2, -0.15) is 16.9 Å². The fourth-order valence-corrected chi connectivity index (χ4v) is 5.60. The number of ether oxygens (including phenoxy) is 3. The number of hydrazone groups is 1. The lowest BCUT2D eigenvalue weighted by atomic mass is 10.2. The van der Waals surface area contributed by atoms with E-state index in [4.69, 9.17) is 14.2 Å². The highest BCUT2D eigenvalue weighted by atomic mass is 32.2. The summed E-state index contributed by atoms with van der Waals surface area (Å²) in [6.07, 6.45) is 1.69. The van der Waals surface area contributed by atoms with Crippen molar-refractivity contribution < 1.29 is 27.4 Å². The summed E-state index contributed by atoms with van der Waals surface area (Å²) in [6, 6.07) is 18.5. The smallest absolute Gasteiger partial charge is 0.264 e. The number of methoxy groups -OCH3 is 2. The van der Waals surface area contributed by atoms with Crippen LogP contribution in [0, 0.1) is 6.92 Å². The zero-order valence-electron chi connectivity index (χ0n) is 21.3. The highest BCUT2D eigenvalue weighted by molar-refractivity contribution is 8.00. The molecule has 0 atom stereocenters. The summed E-state index contributed by atoms with van der Waals surface area (Å²) >= 11 is 1.83. The van der Waals surface area contributed by atoms with Crippen LogP contribution < -0.4 is 23.9 Å². The molecule has 1 fully saturated rings. The largest absolute Gasteiger partial charge is 0.497 e. The maximum absolute atomic E-state index is 13.7. The predicted octanol–water partition coefficient (Wildman–Crippen LogP) is 3.85. The van der Waals surface area contributed by atoms with E-state index in [1.54, 1.807) is 24.3 Å². The molecule has 1 aliphatic rings. The van der Waals surface area contributed by atoms with Gasteiger partial charge in [-0.05, 0) is 48.9 Å². The molecule has 0 unspecified atom stereocenters. The van der Waals surface area contributed by atoms with Crippen LogP contribution in [0.15, 0.2) is 76.7 Å². The Morgan fingerprint density at radius 1 is 1.05 bits per heavy atom. The van der Waals surface area contributed by atoms with E-state index in [9.17, 15) is 13.2 Å². The second kappa shape index (κ2) is 12.2. The van der Waals surface area contributed by atoms with Crippen LogP contribution in [0.2, 0.25) is 0 Å². The van der Waals surface area contributed by atoms with Crippen LogP contribution in [0.4, 0.5) is 5.69 Å². The lowest BCUT2D eigenvalue weighted by molar-refractivity contribution is -0.119. The molecule has 3 aromatic rings. The van der Waals surface area contributed by atoms with Gasteiger partial charge in [-0.1, -0.05) is 29.8 Å². The number of sulfonamides is 1. The summed E-state index contributed by atoms with van der Waals surface area (Å²) in [5, 5.41) is 4.02. The number of nitrogens with zero attached hydrogens (tertiary/aromatic N) is 2. The summed E-state index contributed by atoms with van der Waals surface area (Å²) in [7, 11) is -1.25. The van der Waals surface area contributed by atoms with E-state index in [1.165, 1.54) is 38.6 Å². The molecule has 1 heterocycles. The van der Waals surface area contributed by atoms with Crippen LogP contribution in [0.5, 0.6) is 17.2 Å². The van der Waals surface area contributed by atoms with E-state index in [0.29, 0.717) is 5.75 Å². The highest BCUT2D eigenvalue weighted by Gasteiger charge is 2.30. The monoisotopic (exact) mass is 555 g/mol. The number of anilines is 1. The average molecular weight is 556 g/mol. The fraction of sp³-hybridized carbons (Fsp3) is 0.259. The minimum atomic E-state index is -4.15. The molecule has 0 aliphatic carbocycles. The van der Waals surface area contributed by atoms with Crippen LogP contribution in [-0.4, -0.2) is 58.9 Å². The highest BCUT2D eigenvalue weighted by Crippen LogP contribution is 2.35. The summed E-state index contributed by atoms with van der Waals surface area (Å²) in [4.78, 5) is 13.0. The van der Waals surface area contributed by atoms with Crippen molar-refractivity contribution in [3.63, 3.8) is 0 Å². The number of hydrogen-bond acceptors (Lipinski definition) is 8. The topological polar surface area (TPSA) is 107 Å². The van der Waals surface area contributed by atoms with Gasteiger partial charge in [0.25, 0.3) is 15.9 Å². The van der Waals surface area contributed by atoms with Crippen molar-refractivity contribution in [1.82, 2.24) is 5.43 Å². The fourth-order valence-electron chi connectivity index (χ4n) is 3.62. The van der Waals surface area contributed by atoms with Gasteiger partial charge < -0.3 is 14.2 Å². The first-order valence-electron chi connectivity index (χ1n) is 11.8. The Hall–Kier alpha value is -3.70. The third-order valence-corrected chi connectivity index (χ3v) is 8.71. The molecule has 1 saturated heterocycles. The average Bonchev–Trinajstić information content (AvgIpc) is 2.89. The molecule has 4 rings (SSSR count). The van der Waals surface area contributed by atoms with Gasteiger partial charge in [-0.15, -0.1) is 0 Å². The van der Waals surface area contributed by atoms with Crippen molar-refractivity contribution in [1.29, 1.82) is 0 Å². The molecule has 1 N–H and O–H groups in total. The standard InChI is InChI=1S/C27H29N3O6S2/c1-19-7-10-24(11-8-19)38(32,33)30(25-14-21(34-2)9-12-26(25)35-3)16-27(31)29-28-15-20-5-4-6-22(13-20)36-23-17-37-18-23/h4-15,23H,16-18H2,1-3H3,(H,29,31)/b28-15-. The zero-order valence-corrected chi connectivity index (χ0v) is 22.9. The van der Waals surface area contributed by atoms with Crippen LogP contribution >= 0.6 is 11.8 Å². The first-order valence-corrected chi connectivity index (χ1v) is 14.4. The minimum absolute atomic E-state index is 0.0333. The number of nitrogens with one attached hydrogen (secondary N) is 1. The second-order valence-electron chi connectivity index (χ2n) is 8.51. The number of aryl methyl sites for hydroxylation is 1. The Kier molecular flexibility index (Phi) is 8.80. The molecule has 200 valence electrons. The van der Waals surface area contributed by atoms with Gasteiger partial charge in [0.2, 0.25) is 0 Å². The molecule has 0 saturated carbocycles. The third kappa shape index (κ3) is 6.59. The Bertz CT molecular complexity index is 1410. The number of thioether (sulfide) groups is 1. The maximum atomic E-state index is 13.7. The van der Waals surface area contributed by atoms with Gasteiger partial charge in [-0.3, -0.25) is 9.10 Å². The first kappa shape index (κ1) is 27.3. The first-order chi connectivity index (χ1) is 18.3. The van der Waals surface area contributed by atoms with Gasteiger partial charge in [0.15, 0.2) is 0 Å². The lowest BCUT2D eigenvalue weighted by Crippen LogP contribution is -2.39. The Balaban J connectivity index is 1.56. The minimum Gasteiger partial charge on any atom is -0.497 e. The van der Waals surface area contributed by atoms with E-state index >= 15 is 0 Å². The molecule has 1 amide bonds. The number of carbonyl (C=O) groups is 1. The van der Waals surface area contributed by atoms with Crippen LogP contribution in [0.1, 0.15) is 11.1 Å². The van der Waals surface area contributed by atoms with Crippen molar-refractivity contribution >= 4 is 39.6 Å². The Morgan fingerprint density at radius 2 is 1.82 bits per heavy atom. The van der Waals surface area contributed by atoms with Gasteiger partial charge in [0.05, 0.1) is 31.0 Å². The number of carbonyl (C=O) groups excluding carboxylic acids is 1. The second-order valence-corrected chi connectivity index (χ2v) is 11.4. The number of amides is 1. The summed E-state index contributed by atoms with van der Waals surface area (Å²) < 4.78 is 45.0. The lowest BCUT2D eigenvalue weighted by Gasteiger charge is -2.26. The Morgan fingerprint density at radius 3 is 2.47 bits per heavy atom. The van der Waals surface area contributed by atoms with Crippen molar-refractivity contribution in [3.05, 3.63) is 77.9 Å². The van der Waals surface area contributed by atoms with Crippen molar-refractivity contribution in [2.45, 2.75) is 17.9 Å². The molecule has 11 heteroatoms. The van der Waals surface area contributed by atoms with Crippen molar-refractivity contribution in [2.75, 3.05) is 36.6 Å². The number of rotatable bonds is 11. The van der Waals surface area contributed by atoms with Crippen molar-refractivity contribution in [3.8, 4) is 17.2 Å². The molecule has 3 aromatic carbocycles. The quantitative estimate of drug-likeness (QED) is 0.283. The van der Waals surface area contributed by atoms with Crippen molar-refractivity contribution in [2.24, 2.45) is 5.10 Å². The van der Waals surface area contributed by atoms with E-state index < -0.39 is 22.5 Å². The van der Waals surface area contributed by atoms with Crippen LogP contribution in [0.25, 0.3) is 0 Å². The normalized spacial score (nSPS) is 13.6. The molecule has 0 radical (unpaired) electrons. The molecule has 0 aromatic heterocycles. The van der Waals surface area contributed by atoms with Gasteiger partial charge in [0.1, 0.15) is 29.9 Å². The molecule has 0 bridgehead atoms. The molecule has 0 spiro atoms. The number of hydrogen-bond donors (Lipinski definition) is 1.